The van der Waals surface area contributed by atoms with Gasteiger partial charge in [0.15, 0.2) is 0 Å². The van der Waals surface area contributed by atoms with Gasteiger partial charge in [-0.2, -0.15) is 0 Å². The van der Waals surface area contributed by atoms with E-state index in [2.05, 4.69) is 14.7 Å². The van der Waals surface area contributed by atoms with Gasteiger partial charge in [0, 0.05) is 4.88 Å². The van der Waals surface area contributed by atoms with E-state index >= 15 is 0 Å². The summed E-state index contributed by atoms with van der Waals surface area (Å²) in [5.74, 6) is 0.0820. The molecule has 2 N–H and O–H groups in total. The molecule has 0 aliphatic heterocycles. The topological polar surface area (TPSA) is 101 Å². The van der Waals surface area contributed by atoms with Crippen LogP contribution in [0.5, 0.6) is 0 Å². The van der Waals surface area contributed by atoms with E-state index in [4.69, 9.17) is 4.74 Å². The molecule has 0 saturated heterocycles. The zero-order valence-corrected chi connectivity index (χ0v) is 16.5. The van der Waals surface area contributed by atoms with Crippen LogP contribution in [-0.4, -0.2) is 31.0 Å². The fraction of sp³-hybridized carbons (Fsp3) is 0.294. The Kier molecular flexibility index (Phi) is 4.76. The predicted molar refractivity (Wildman–Crippen MR) is 101 cm³/mol. The van der Waals surface area contributed by atoms with Crippen molar-refractivity contribution < 1.29 is 17.9 Å². The molecule has 0 spiro atoms. The maximum Gasteiger partial charge on any atom is 0.341 e. The Balaban J connectivity index is 2.08. The van der Waals surface area contributed by atoms with Gasteiger partial charge in [-0.15, -0.1) is 11.3 Å². The number of hydrogen-bond donors (Lipinski definition) is 2. The number of rotatable bonds is 5. The molecule has 26 heavy (non-hydrogen) atoms. The Labute approximate surface area is 155 Å². The maximum atomic E-state index is 13.0. The molecule has 3 aromatic rings. The van der Waals surface area contributed by atoms with Gasteiger partial charge in [0.05, 0.1) is 17.7 Å². The number of para-hydroxylation sites is 1. The summed E-state index contributed by atoms with van der Waals surface area (Å²) in [6.07, 6.45) is 0. The monoisotopic (exact) mass is 393 g/mol. The zero-order valence-electron chi connectivity index (χ0n) is 14.8. The van der Waals surface area contributed by atoms with Gasteiger partial charge in [-0.3, -0.25) is 4.72 Å². The summed E-state index contributed by atoms with van der Waals surface area (Å²) in [5.41, 5.74) is 1.96. The number of nitrogens with one attached hydrogen (secondary N) is 2. The Morgan fingerprint density at radius 2 is 2.04 bits per heavy atom. The first-order valence-electron chi connectivity index (χ1n) is 8.00. The van der Waals surface area contributed by atoms with E-state index in [-0.39, 0.29) is 22.1 Å². The van der Waals surface area contributed by atoms with Crippen LogP contribution in [0.15, 0.2) is 23.1 Å². The first-order chi connectivity index (χ1) is 12.2. The van der Waals surface area contributed by atoms with E-state index in [0.717, 1.165) is 4.88 Å². The fourth-order valence-corrected chi connectivity index (χ4v) is 5.19. The van der Waals surface area contributed by atoms with Crippen LogP contribution in [0.2, 0.25) is 0 Å². The minimum absolute atomic E-state index is 0.0536. The number of aromatic nitrogens is 2. The lowest BCUT2D eigenvalue weighted by Crippen LogP contribution is -2.16. The van der Waals surface area contributed by atoms with E-state index in [1.54, 1.807) is 32.9 Å². The summed E-state index contributed by atoms with van der Waals surface area (Å²) < 4.78 is 33.5. The number of fused-ring (bicyclic) bond motifs is 1. The van der Waals surface area contributed by atoms with Crippen molar-refractivity contribution in [3.05, 3.63) is 40.0 Å². The van der Waals surface area contributed by atoms with Gasteiger partial charge < -0.3 is 9.72 Å². The van der Waals surface area contributed by atoms with E-state index < -0.39 is 16.0 Å². The van der Waals surface area contributed by atoms with Crippen LogP contribution >= 0.6 is 11.3 Å². The molecule has 0 fully saturated rings. The van der Waals surface area contributed by atoms with Crippen LogP contribution in [0.25, 0.3) is 11.0 Å². The zero-order chi connectivity index (χ0) is 19.1. The number of imidazole rings is 1. The first kappa shape index (κ1) is 18.4. The Morgan fingerprint density at radius 3 is 2.73 bits per heavy atom. The highest BCUT2D eigenvalue weighted by molar-refractivity contribution is 7.93. The van der Waals surface area contributed by atoms with Gasteiger partial charge in [-0.05, 0) is 45.4 Å². The van der Waals surface area contributed by atoms with Gasteiger partial charge in [-0.25, -0.2) is 18.2 Å². The fourth-order valence-electron chi connectivity index (χ4n) is 2.67. The highest BCUT2D eigenvalue weighted by Crippen LogP contribution is 2.35. The smallest absolute Gasteiger partial charge is 0.341 e. The summed E-state index contributed by atoms with van der Waals surface area (Å²) >= 11 is 1.21. The second kappa shape index (κ2) is 6.73. The molecule has 0 aliphatic carbocycles. The Hall–Kier alpha value is -2.39. The van der Waals surface area contributed by atoms with Gasteiger partial charge in [-0.1, -0.05) is 6.07 Å². The molecule has 0 bridgehead atoms. The number of aryl methyl sites for hydroxylation is 2. The van der Waals surface area contributed by atoms with Crippen LogP contribution in [0, 0.1) is 20.8 Å². The summed E-state index contributed by atoms with van der Waals surface area (Å²) in [5, 5.41) is 0.253. The molecule has 2 heterocycles. The molecule has 3 rings (SSSR count). The van der Waals surface area contributed by atoms with Crippen LogP contribution in [0.3, 0.4) is 0 Å². The van der Waals surface area contributed by atoms with Gasteiger partial charge in [0.1, 0.15) is 21.2 Å². The SMILES string of the molecule is CCOC(=O)c1c(NS(=O)(=O)c2cccc3[nH]c(C)nc23)sc(C)c1C. The lowest BCUT2D eigenvalue weighted by Gasteiger charge is -2.09. The Bertz CT molecular complexity index is 1100. The number of benzene rings is 1. The summed E-state index contributed by atoms with van der Waals surface area (Å²) in [4.78, 5) is 20.5. The van der Waals surface area contributed by atoms with Crippen molar-refractivity contribution in [2.24, 2.45) is 0 Å². The van der Waals surface area contributed by atoms with E-state index in [0.29, 0.717) is 22.4 Å². The molecule has 138 valence electrons. The third-order valence-electron chi connectivity index (χ3n) is 3.98. The average Bonchev–Trinajstić information content (AvgIpc) is 3.06. The molecular weight excluding hydrogens is 374 g/mol. The van der Waals surface area contributed by atoms with Crippen molar-refractivity contribution in [2.75, 3.05) is 11.3 Å². The van der Waals surface area contributed by atoms with Gasteiger partial charge in [0.25, 0.3) is 10.0 Å². The predicted octanol–water partition coefficient (Wildman–Crippen LogP) is 3.53. The molecule has 9 heteroatoms. The number of nitrogens with zero attached hydrogens (tertiary/aromatic N) is 1. The first-order valence-corrected chi connectivity index (χ1v) is 10.3. The summed E-state index contributed by atoms with van der Waals surface area (Å²) in [6, 6.07) is 4.89. The van der Waals surface area contributed by atoms with Crippen molar-refractivity contribution in [2.45, 2.75) is 32.6 Å². The number of sulfonamides is 1. The molecule has 1 aromatic carbocycles. The molecule has 0 radical (unpaired) electrons. The average molecular weight is 393 g/mol. The van der Waals surface area contributed by atoms with Crippen molar-refractivity contribution >= 4 is 43.4 Å². The number of hydrogen-bond acceptors (Lipinski definition) is 6. The summed E-state index contributed by atoms with van der Waals surface area (Å²) in [6.45, 7) is 7.28. The third-order valence-corrected chi connectivity index (χ3v) is 6.61. The molecule has 2 aromatic heterocycles. The summed E-state index contributed by atoms with van der Waals surface area (Å²) in [7, 11) is -3.93. The second-order valence-electron chi connectivity index (χ2n) is 5.79. The standard InChI is InChI=1S/C17H19N3O4S2/c1-5-24-17(21)14-9(2)10(3)25-16(14)20-26(22,23)13-8-6-7-12-15(13)19-11(4)18-12/h6-8,20H,5H2,1-4H3,(H,18,19). The minimum atomic E-state index is -3.93. The number of thiophene rings is 1. The molecule has 0 amide bonds. The molecular formula is C17H19N3O4S2. The Morgan fingerprint density at radius 1 is 1.31 bits per heavy atom. The number of esters is 1. The van der Waals surface area contributed by atoms with Crippen LogP contribution < -0.4 is 4.72 Å². The minimum Gasteiger partial charge on any atom is -0.462 e. The number of carbonyl (C=O) groups excluding carboxylic acids is 1. The van der Waals surface area contributed by atoms with E-state index in [9.17, 15) is 13.2 Å². The number of aromatic amines is 1. The van der Waals surface area contributed by atoms with E-state index in [1.165, 1.54) is 17.4 Å². The molecule has 0 atom stereocenters. The number of H-pyrrole nitrogens is 1. The lowest BCUT2D eigenvalue weighted by molar-refractivity contribution is 0.0527. The maximum absolute atomic E-state index is 13.0. The quantitative estimate of drug-likeness (QED) is 0.646. The number of carbonyl (C=O) groups is 1. The number of anilines is 1. The van der Waals surface area contributed by atoms with Crippen molar-refractivity contribution in [3.8, 4) is 0 Å². The normalized spacial score (nSPS) is 11.7. The second-order valence-corrected chi connectivity index (χ2v) is 8.66. The molecule has 0 unspecified atom stereocenters. The third kappa shape index (κ3) is 3.19. The molecule has 0 aliphatic rings. The highest BCUT2D eigenvalue weighted by atomic mass is 32.2. The van der Waals surface area contributed by atoms with Crippen molar-refractivity contribution in [3.63, 3.8) is 0 Å². The lowest BCUT2D eigenvalue weighted by atomic mass is 10.2. The molecule has 7 nitrogen and oxygen atoms in total. The van der Waals surface area contributed by atoms with Gasteiger partial charge in [0.2, 0.25) is 0 Å². The van der Waals surface area contributed by atoms with Gasteiger partial charge >= 0.3 is 5.97 Å². The van der Waals surface area contributed by atoms with E-state index in [1.807, 2.05) is 6.92 Å². The van der Waals surface area contributed by atoms with Crippen molar-refractivity contribution in [1.29, 1.82) is 0 Å². The van der Waals surface area contributed by atoms with Crippen LogP contribution in [0.1, 0.15) is 33.5 Å². The highest BCUT2D eigenvalue weighted by Gasteiger charge is 2.26. The molecule has 0 saturated carbocycles. The van der Waals surface area contributed by atoms with Crippen LogP contribution in [-0.2, 0) is 14.8 Å². The van der Waals surface area contributed by atoms with Crippen LogP contribution in [0.4, 0.5) is 5.00 Å². The van der Waals surface area contributed by atoms with Crippen molar-refractivity contribution in [1.82, 2.24) is 9.97 Å². The largest absolute Gasteiger partial charge is 0.462 e. The number of ether oxygens (including phenoxy) is 1.